The number of hydrogen-bond acceptors (Lipinski definition) is 4. The number of nitrogens with two attached hydrogens (primary N) is 1. The number of carbonyl (C=O) groups excluding carboxylic acids is 2. The van der Waals surface area contributed by atoms with Gasteiger partial charge in [-0.05, 0) is 32.9 Å². The zero-order chi connectivity index (χ0) is 16.0. The minimum Gasteiger partial charge on any atom is -0.444 e. The Labute approximate surface area is 125 Å². The lowest BCUT2D eigenvalue weighted by atomic mass is 10.1. The number of rotatable bonds is 4. The molecule has 1 aromatic rings. The zero-order valence-corrected chi connectivity index (χ0v) is 13.0. The third-order valence-corrected chi connectivity index (χ3v) is 2.64. The van der Waals surface area contributed by atoms with Gasteiger partial charge in [-0.15, -0.1) is 0 Å². The molecule has 0 aliphatic rings. The standard InChI is InChI=1S/C15H23N3O3/c1-15(2,3)21-14(20)18(4)10-9-17-13(19)11-7-5-6-8-12(11)16/h5-8H,9-10,16H2,1-4H3,(H,17,19). The number of likely N-dealkylation sites (N-methyl/N-ethyl adjacent to an activating group) is 1. The Bertz CT molecular complexity index is 509. The zero-order valence-electron chi connectivity index (χ0n) is 13.0. The maximum atomic E-state index is 11.9. The molecule has 6 heteroatoms. The van der Waals surface area contributed by atoms with Crippen molar-refractivity contribution in [1.82, 2.24) is 10.2 Å². The number of nitrogen functional groups attached to an aromatic ring is 1. The van der Waals surface area contributed by atoms with Gasteiger partial charge < -0.3 is 20.7 Å². The molecule has 0 radical (unpaired) electrons. The van der Waals surface area contributed by atoms with Crippen LogP contribution in [0.25, 0.3) is 0 Å². The highest BCUT2D eigenvalue weighted by Gasteiger charge is 2.19. The molecule has 2 amide bonds. The van der Waals surface area contributed by atoms with E-state index in [0.29, 0.717) is 24.3 Å². The van der Waals surface area contributed by atoms with Gasteiger partial charge in [0.1, 0.15) is 5.60 Å². The Balaban J connectivity index is 2.42. The maximum Gasteiger partial charge on any atom is 0.410 e. The van der Waals surface area contributed by atoms with Crippen LogP contribution in [-0.2, 0) is 4.74 Å². The Morgan fingerprint density at radius 2 is 1.90 bits per heavy atom. The lowest BCUT2D eigenvalue weighted by molar-refractivity contribution is 0.0299. The highest BCUT2D eigenvalue weighted by molar-refractivity contribution is 5.99. The van der Waals surface area contributed by atoms with Crippen molar-refractivity contribution in [3.63, 3.8) is 0 Å². The van der Waals surface area contributed by atoms with Gasteiger partial charge >= 0.3 is 6.09 Å². The van der Waals surface area contributed by atoms with Gasteiger partial charge in [0.25, 0.3) is 5.91 Å². The number of benzene rings is 1. The molecule has 0 saturated carbocycles. The van der Waals surface area contributed by atoms with Crippen molar-refractivity contribution < 1.29 is 14.3 Å². The summed E-state index contributed by atoms with van der Waals surface area (Å²) in [6, 6.07) is 6.84. The predicted molar refractivity (Wildman–Crippen MR) is 82.1 cm³/mol. The first-order chi connectivity index (χ1) is 9.70. The first-order valence-corrected chi connectivity index (χ1v) is 6.77. The van der Waals surface area contributed by atoms with Gasteiger partial charge in [-0.25, -0.2) is 4.79 Å². The fraction of sp³-hybridized carbons (Fsp3) is 0.467. The second-order valence-electron chi connectivity index (χ2n) is 5.75. The van der Waals surface area contributed by atoms with Crippen molar-refractivity contribution in [2.24, 2.45) is 0 Å². The second kappa shape index (κ2) is 6.97. The lowest BCUT2D eigenvalue weighted by Crippen LogP contribution is -2.39. The summed E-state index contributed by atoms with van der Waals surface area (Å²) in [6.45, 7) is 6.09. The van der Waals surface area contributed by atoms with E-state index < -0.39 is 11.7 Å². The highest BCUT2D eigenvalue weighted by Crippen LogP contribution is 2.10. The largest absolute Gasteiger partial charge is 0.444 e. The topological polar surface area (TPSA) is 84.7 Å². The molecule has 6 nitrogen and oxygen atoms in total. The normalized spacial score (nSPS) is 10.9. The molecule has 0 heterocycles. The molecular formula is C15H23N3O3. The molecule has 0 aliphatic carbocycles. The Hall–Kier alpha value is -2.24. The average molecular weight is 293 g/mol. The molecular weight excluding hydrogens is 270 g/mol. The fourth-order valence-corrected chi connectivity index (χ4v) is 1.57. The first-order valence-electron chi connectivity index (χ1n) is 6.77. The third kappa shape index (κ3) is 5.72. The Morgan fingerprint density at radius 3 is 2.48 bits per heavy atom. The van der Waals surface area contributed by atoms with Crippen LogP contribution in [-0.4, -0.2) is 42.6 Å². The SMILES string of the molecule is CN(CCNC(=O)c1ccccc1N)C(=O)OC(C)(C)C. The van der Waals surface area contributed by atoms with E-state index in [1.165, 1.54) is 4.90 Å². The van der Waals surface area contributed by atoms with Crippen LogP contribution in [0.2, 0.25) is 0 Å². The number of ether oxygens (including phenoxy) is 1. The van der Waals surface area contributed by atoms with E-state index in [-0.39, 0.29) is 5.91 Å². The summed E-state index contributed by atoms with van der Waals surface area (Å²) in [7, 11) is 1.62. The van der Waals surface area contributed by atoms with Crippen LogP contribution in [0.1, 0.15) is 31.1 Å². The van der Waals surface area contributed by atoms with Crippen molar-refractivity contribution in [2.75, 3.05) is 25.9 Å². The molecule has 1 aromatic carbocycles. The molecule has 0 atom stereocenters. The third-order valence-electron chi connectivity index (χ3n) is 2.64. The number of para-hydroxylation sites is 1. The molecule has 0 fully saturated rings. The first kappa shape index (κ1) is 16.8. The van der Waals surface area contributed by atoms with Gasteiger partial charge in [0, 0.05) is 25.8 Å². The smallest absolute Gasteiger partial charge is 0.410 e. The summed E-state index contributed by atoms with van der Waals surface area (Å²) < 4.78 is 5.22. The minimum absolute atomic E-state index is 0.259. The van der Waals surface area contributed by atoms with Gasteiger partial charge in [-0.3, -0.25) is 4.79 Å². The lowest BCUT2D eigenvalue weighted by Gasteiger charge is -2.24. The van der Waals surface area contributed by atoms with Gasteiger partial charge in [0.05, 0.1) is 5.56 Å². The van der Waals surface area contributed by atoms with Gasteiger partial charge in [0.15, 0.2) is 0 Å². The monoisotopic (exact) mass is 293 g/mol. The molecule has 0 unspecified atom stereocenters. The van der Waals surface area contributed by atoms with E-state index in [1.54, 1.807) is 52.1 Å². The maximum absolute atomic E-state index is 11.9. The summed E-state index contributed by atoms with van der Waals surface area (Å²) >= 11 is 0. The van der Waals surface area contributed by atoms with Crippen molar-refractivity contribution in [1.29, 1.82) is 0 Å². The number of amides is 2. The molecule has 1 rings (SSSR count). The second-order valence-corrected chi connectivity index (χ2v) is 5.75. The highest BCUT2D eigenvalue weighted by atomic mass is 16.6. The van der Waals surface area contributed by atoms with Gasteiger partial charge in [0.2, 0.25) is 0 Å². The summed E-state index contributed by atoms with van der Waals surface area (Å²) in [5.74, 6) is -0.259. The van der Waals surface area contributed by atoms with Crippen molar-refractivity contribution in [3.8, 4) is 0 Å². The predicted octanol–water partition coefficient (Wildman–Crippen LogP) is 1.87. The molecule has 21 heavy (non-hydrogen) atoms. The average Bonchev–Trinajstić information content (AvgIpc) is 2.36. The Morgan fingerprint density at radius 1 is 1.29 bits per heavy atom. The molecule has 0 spiro atoms. The number of nitrogens with one attached hydrogen (secondary N) is 1. The summed E-state index contributed by atoms with van der Waals surface area (Å²) in [5, 5.41) is 2.72. The quantitative estimate of drug-likeness (QED) is 0.830. The molecule has 0 aromatic heterocycles. The van der Waals surface area contributed by atoms with Crippen molar-refractivity contribution in [3.05, 3.63) is 29.8 Å². The fourth-order valence-electron chi connectivity index (χ4n) is 1.57. The minimum atomic E-state index is -0.535. The van der Waals surface area contributed by atoms with E-state index >= 15 is 0 Å². The van der Waals surface area contributed by atoms with Crippen LogP contribution in [0.15, 0.2) is 24.3 Å². The molecule has 0 saturated heterocycles. The van der Waals surface area contributed by atoms with Crippen LogP contribution in [0.3, 0.4) is 0 Å². The molecule has 116 valence electrons. The van der Waals surface area contributed by atoms with E-state index in [9.17, 15) is 9.59 Å². The summed E-state index contributed by atoms with van der Waals surface area (Å²) in [6.07, 6.45) is -0.420. The van der Waals surface area contributed by atoms with Gasteiger partial charge in [-0.2, -0.15) is 0 Å². The van der Waals surface area contributed by atoms with Crippen LogP contribution in [0.4, 0.5) is 10.5 Å². The van der Waals surface area contributed by atoms with Crippen molar-refractivity contribution >= 4 is 17.7 Å². The van der Waals surface area contributed by atoms with Crippen LogP contribution in [0.5, 0.6) is 0 Å². The van der Waals surface area contributed by atoms with Crippen LogP contribution >= 0.6 is 0 Å². The summed E-state index contributed by atoms with van der Waals surface area (Å²) in [5.41, 5.74) is 6.05. The molecule has 0 aliphatic heterocycles. The van der Waals surface area contributed by atoms with E-state index in [2.05, 4.69) is 5.32 Å². The van der Waals surface area contributed by atoms with E-state index in [1.807, 2.05) is 0 Å². The molecule has 0 bridgehead atoms. The van der Waals surface area contributed by atoms with Gasteiger partial charge in [-0.1, -0.05) is 12.1 Å². The Kier molecular flexibility index (Phi) is 5.58. The summed E-state index contributed by atoms with van der Waals surface area (Å²) in [4.78, 5) is 25.1. The van der Waals surface area contributed by atoms with E-state index in [0.717, 1.165) is 0 Å². The number of nitrogens with zero attached hydrogens (tertiary/aromatic N) is 1. The van der Waals surface area contributed by atoms with Crippen molar-refractivity contribution in [2.45, 2.75) is 26.4 Å². The number of carbonyl (C=O) groups is 2. The number of anilines is 1. The van der Waals surface area contributed by atoms with Crippen LogP contribution < -0.4 is 11.1 Å². The number of hydrogen-bond donors (Lipinski definition) is 2. The van der Waals surface area contributed by atoms with Crippen LogP contribution in [0, 0.1) is 0 Å². The molecule has 3 N–H and O–H groups in total. The van der Waals surface area contributed by atoms with E-state index in [4.69, 9.17) is 10.5 Å².